The highest BCUT2D eigenvalue weighted by molar-refractivity contribution is 6.25. The molecule has 0 unspecified atom stereocenters. The maximum absolute atomic E-state index is 12.8. The standard InChI is InChI=1S/C20H20N2O4/c23-18(14-7-11-26-12-8-14)21-9-10-22-19(24)15-5-1-3-13-4-2-6-16(17(13)15)20(22)25/h1-6,14H,7-12H2,(H,21,23). The quantitative estimate of drug-likeness (QED) is 0.854. The summed E-state index contributed by atoms with van der Waals surface area (Å²) in [6.07, 6.45) is 1.42. The summed E-state index contributed by atoms with van der Waals surface area (Å²) in [6, 6.07) is 10.9. The third-order valence-electron chi connectivity index (χ3n) is 5.08. The van der Waals surface area contributed by atoms with Crippen LogP contribution in [0.2, 0.25) is 0 Å². The van der Waals surface area contributed by atoms with Crippen molar-refractivity contribution in [2.45, 2.75) is 12.8 Å². The molecule has 1 saturated heterocycles. The molecule has 6 heteroatoms. The van der Waals surface area contributed by atoms with Crippen molar-refractivity contribution in [1.29, 1.82) is 0 Å². The van der Waals surface area contributed by atoms with Gasteiger partial charge < -0.3 is 10.1 Å². The Bertz CT molecular complexity index is 836. The van der Waals surface area contributed by atoms with E-state index in [-0.39, 0.29) is 36.7 Å². The number of imide groups is 1. The highest BCUT2D eigenvalue weighted by atomic mass is 16.5. The van der Waals surface area contributed by atoms with Gasteiger partial charge in [-0.25, -0.2) is 0 Å². The van der Waals surface area contributed by atoms with Gasteiger partial charge in [-0.05, 0) is 30.4 Å². The number of carbonyl (C=O) groups excluding carboxylic acids is 3. The van der Waals surface area contributed by atoms with E-state index in [1.807, 2.05) is 24.3 Å². The van der Waals surface area contributed by atoms with Gasteiger partial charge in [-0.2, -0.15) is 0 Å². The number of nitrogens with zero attached hydrogens (tertiary/aromatic N) is 1. The molecule has 3 amide bonds. The Morgan fingerprint density at radius 2 is 1.65 bits per heavy atom. The topological polar surface area (TPSA) is 75.7 Å². The molecule has 0 bridgehead atoms. The van der Waals surface area contributed by atoms with Crippen LogP contribution in [0.1, 0.15) is 33.6 Å². The molecule has 0 spiro atoms. The number of nitrogens with one attached hydrogen (secondary N) is 1. The van der Waals surface area contributed by atoms with E-state index in [0.717, 1.165) is 5.39 Å². The molecule has 0 atom stereocenters. The van der Waals surface area contributed by atoms with Gasteiger partial charge in [0.05, 0.1) is 0 Å². The summed E-state index contributed by atoms with van der Waals surface area (Å²) >= 11 is 0. The fourth-order valence-electron chi connectivity index (χ4n) is 3.68. The number of amides is 3. The first kappa shape index (κ1) is 16.7. The van der Waals surface area contributed by atoms with E-state index in [1.165, 1.54) is 4.90 Å². The van der Waals surface area contributed by atoms with Crippen LogP contribution >= 0.6 is 0 Å². The molecule has 2 aromatic rings. The normalized spacial score (nSPS) is 17.6. The number of hydrogen-bond donors (Lipinski definition) is 1. The maximum Gasteiger partial charge on any atom is 0.261 e. The largest absolute Gasteiger partial charge is 0.381 e. The number of ether oxygens (including phenoxy) is 1. The zero-order valence-corrected chi connectivity index (χ0v) is 14.4. The molecule has 0 aromatic heterocycles. The van der Waals surface area contributed by atoms with Crippen LogP contribution in [0.15, 0.2) is 36.4 Å². The van der Waals surface area contributed by atoms with Crippen LogP contribution in [0.5, 0.6) is 0 Å². The van der Waals surface area contributed by atoms with Crippen molar-refractivity contribution >= 4 is 28.5 Å². The lowest BCUT2D eigenvalue weighted by Gasteiger charge is -2.27. The Hall–Kier alpha value is -2.73. The van der Waals surface area contributed by atoms with Crippen LogP contribution in [0.25, 0.3) is 10.8 Å². The molecule has 0 radical (unpaired) electrons. The molecule has 2 heterocycles. The monoisotopic (exact) mass is 352 g/mol. The molecule has 2 aliphatic rings. The second-order valence-electron chi connectivity index (χ2n) is 6.65. The van der Waals surface area contributed by atoms with E-state index < -0.39 is 0 Å². The Morgan fingerprint density at radius 1 is 1.04 bits per heavy atom. The van der Waals surface area contributed by atoms with Gasteiger partial charge in [0.25, 0.3) is 11.8 Å². The SMILES string of the molecule is O=C(NCCN1C(=O)c2cccc3cccc(c23)C1=O)C1CCOCC1. The summed E-state index contributed by atoms with van der Waals surface area (Å²) in [7, 11) is 0. The number of hydrogen-bond acceptors (Lipinski definition) is 4. The molecule has 6 nitrogen and oxygen atoms in total. The number of rotatable bonds is 4. The van der Waals surface area contributed by atoms with Crippen LogP contribution in [-0.4, -0.2) is 48.9 Å². The van der Waals surface area contributed by atoms with Gasteiger partial charge in [-0.3, -0.25) is 19.3 Å². The lowest BCUT2D eigenvalue weighted by molar-refractivity contribution is -0.127. The minimum absolute atomic E-state index is 0.0345. The Kier molecular flexibility index (Phi) is 4.42. The van der Waals surface area contributed by atoms with Gasteiger partial charge in [-0.1, -0.05) is 24.3 Å². The molecule has 26 heavy (non-hydrogen) atoms. The van der Waals surface area contributed by atoms with Gasteiger partial charge in [0, 0.05) is 48.7 Å². The molecule has 1 fully saturated rings. The number of carbonyl (C=O) groups is 3. The zero-order valence-electron chi connectivity index (χ0n) is 14.4. The fraction of sp³-hybridized carbons (Fsp3) is 0.350. The molecular formula is C20H20N2O4. The Morgan fingerprint density at radius 3 is 2.27 bits per heavy atom. The van der Waals surface area contributed by atoms with Gasteiger partial charge in [-0.15, -0.1) is 0 Å². The molecule has 134 valence electrons. The van der Waals surface area contributed by atoms with E-state index in [0.29, 0.717) is 42.6 Å². The van der Waals surface area contributed by atoms with Crippen LogP contribution in [0.4, 0.5) is 0 Å². The first-order chi connectivity index (χ1) is 12.7. The van der Waals surface area contributed by atoms with Crippen molar-refractivity contribution < 1.29 is 19.1 Å². The average Bonchev–Trinajstić information content (AvgIpc) is 2.69. The third-order valence-corrected chi connectivity index (χ3v) is 5.08. The minimum Gasteiger partial charge on any atom is -0.381 e. The van der Waals surface area contributed by atoms with Crippen LogP contribution in [-0.2, 0) is 9.53 Å². The second-order valence-corrected chi connectivity index (χ2v) is 6.65. The lowest BCUT2D eigenvalue weighted by atomic mass is 9.94. The summed E-state index contributed by atoms with van der Waals surface area (Å²) in [5.41, 5.74) is 1.07. The third kappa shape index (κ3) is 2.86. The second kappa shape index (κ2) is 6.88. The van der Waals surface area contributed by atoms with Gasteiger partial charge in [0.2, 0.25) is 5.91 Å². The molecular weight excluding hydrogens is 332 g/mol. The average molecular weight is 352 g/mol. The van der Waals surface area contributed by atoms with Crippen molar-refractivity contribution in [2.24, 2.45) is 5.92 Å². The molecule has 0 saturated carbocycles. The van der Waals surface area contributed by atoms with E-state index in [4.69, 9.17) is 4.74 Å². The highest BCUT2D eigenvalue weighted by Gasteiger charge is 2.32. The zero-order chi connectivity index (χ0) is 18.1. The molecule has 1 N–H and O–H groups in total. The summed E-state index contributed by atoms with van der Waals surface area (Å²) in [6.45, 7) is 1.62. The highest BCUT2D eigenvalue weighted by Crippen LogP contribution is 2.29. The summed E-state index contributed by atoms with van der Waals surface area (Å²) in [5, 5.41) is 4.45. The van der Waals surface area contributed by atoms with Crippen LogP contribution < -0.4 is 5.32 Å². The van der Waals surface area contributed by atoms with Crippen molar-refractivity contribution in [3.05, 3.63) is 47.5 Å². The maximum atomic E-state index is 12.8. The van der Waals surface area contributed by atoms with Crippen molar-refractivity contribution in [1.82, 2.24) is 10.2 Å². The van der Waals surface area contributed by atoms with E-state index in [1.54, 1.807) is 12.1 Å². The van der Waals surface area contributed by atoms with Crippen molar-refractivity contribution in [3.63, 3.8) is 0 Å². The lowest BCUT2D eigenvalue weighted by Crippen LogP contribution is -2.45. The Labute approximate surface area is 151 Å². The van der Waals surface area contributed by atoms with Gasteiger partial charge in [0.1, 0.15) is 0 Å². The number of benzene rings is 2. The van der Waals surface area contributed by atoms with Gasteiger partial charge in [0.15, 0.2) is 0 Å². The summed E-state index contributed by atoms with van der Waals surface area (Å²) < 4.78 is 5.26. The minimum atomic E-state index is -0.306. The summed E-state index contributed by atoms with van der Waals surface area (Å²) in [4.78, 5) is 39.0. The van der Waals surface area contributed by atoms with E-state index >= 15 is 0 Å². The first-order valence-corrected chi connectivity index (χ1v) is 8.90. The first-order valence-electron chi connectivity index (χ1n) is 8.90. The molecule has 4 rings (SSSR count). The predicted molar refractivity (Wildman–Crippen MR) is 95.9 cm³/mol. The van der Waals surface area contributed by atoms with Crippen molar-refractivity contribution in [2.75, 3.05) is 26.3 Å². The smallest absolute Gasteiger partial charge is 0.261 e. The molecule has 2 aliphatic heterocycles. The fourth-order valence-corrected chi connectivity index (χ4v) is 3.68. The van der Waals surface area contributed by atoms with E-state index in [2.05, 4.69) is 5.32 Å². The van der Waals surface area contributed by atoms with Crippen molar-refractivity contribution in [3.8, 4) is 0 Å². The van der Waals surface area contributed by atoms with Crippen LogP contribution in [0, 0.1) is 5.92 Å². The van der Waals surface area contributed by atoms with E-state index in [9.17, 15) is 14.4 Å². The summed E-state index contributed by atoms with van der Waals surface area (Å²) in [5.74, 6) is -0.696. The molecule has 2 aromatic carbocycles. The molecule has 0 aliphatic carbocycles. The Balaban J connectivity index is 1.47. The van der Waals surface area contributed by atoms with Crippen LogP contribution in [0.3, 0.4) is 0 Å². The predicted octanol–water partition coefficient (Wildman–Crippen LogP) is 1.98. The van der Waals surface area contributed by atoms with Gasteiger partial charge >= 0.3 is 0 Å².